The first-order valence-electron chi connectivity index (χ1n) is 5.54. The number of H-pyrrole nitrogens is 1. The van der Waals surface area contributed by atoms with Gasteiger partial charge < -0.3 is 9.72 Å². The molecule has 3 nitrogen and oxygen atoms in total. The van der Waals surface area contributed by atoms with Crippen molar-refractivity contribution in [1.29, 1.82) is 5.26 Å². The number of rotatable bonds is 3. The number of hydrogen-bond acceptors (Lipinski definition) is 2. The largest absolute Gasteiger partial charge is 0.491 e. The summed E-state index contributed by atoms with van der Waals surface area (Å²) in [6.07, 6.45) is 3.70. The van der Waals surface area contributed by atoms with Crippen molar-refractivity contribution in [1.82, 2.24) is 4.98 Å². The van der Waals surface area contributed by atoms with Crippen molar-refractivity contribution in [3.05, 3.63) is 42.2 Å². The minimum atomic E-state index is 0.169. The number of aromatic amines is 1. The van der Waals surface area contributed by atoms with Crippen molar-refractivity contribution in [3.63, 3.8) is 0 Å². The molecule has 1 aromatic heterocycles. The Hall–Kier alpha value is -2.21. The van der Waals surface area contributed by atoms with Gasteiger partial charge in [-0.25, -0.2) is 0 Å². The zero-order chi connectivity index (χ0) is 12.3. The SMILES string of the molecule is CC(C)Oc1ccc(-c2c[nH]cc2C#N)cc1. The summed E-state index contributed by atoms with van der Waals surface area (Å²) in [4.78, 5) is 2.94. The highest BCUT2D eigenvalue weighted by atomic mass is 16.5. The van der Waals surface area contributed by atoms with Crippen molar-refractivity contribution < 1.29 is 4.74 Å². The van der Waals surface area contributed by atoms with E-state index in [1.807, 2.05) is 44.3 Å². The van der Waals surface area contributed by atoms with Crippen LogP contribution in [0.25, 0.3) is 11.1 Å². The van der Waals surface area contributed by atoms with Gasteiger partial charge in [0.15, 0.2) is 0 Å². The predicted octanol–water partition coefficient (Wildman–Crippen LogP) is 3.34. The van der Waals surface area contributed by atoms with E-state index in [1.54, 1.807) is 6.20 Å². The van der Waals surface area contributed by atoms with Gasteiger partial charge in [-0.1, -0.05) is 12.1 Å². The van der Waals surface area contributed by atoms with Gasteiger partial charge in [0, 0.05) is 18.0 Å². The van der Waals surface area contributed by atoms with Crippen molar-refractivity contribution >= 4 is 0 Å². The topological polar surface area (TPSA) is 48.8 Å². The third-order valence-corrected chi connectivity index (χ3v) is 2.40. The summed E-state index contributed by atoms with van der Waals surface area (Å²) in [5.41, 5.74) is 2.59. The highest BCUT2D eigenvalue weighted by molar-refractivity contribution is 5.70. The molecule has 86 valence electrons. The van der Waals surface area contributed by atoms with Gasteiger partial charge in [-0.3, -0.25) is 0 Å². The molecule has 3 heteroatoms. The summed E-state index contributed by atoms with van der Waals surface area (Å²) < 4.78 is 5.57. The van der Waals surface area contributed by atoms with Crippen molar-refractivity contribution in [3.8, 4) is 22.9 Å². The van der Waals surface area contributed by atoms with Crippen LogP contribution in [-0.2, 0) is 0 Å². The molecule has 0 saturated carbocycles. The molecule has 0 radical (unpaired) electrons. The molecule has 2 aromatic rings. The lowest BCUT2D eigenvalue weighted by atomic mass is 10.1. The summed E-state index contributed by atoms with van der Waals surface area (Å²) >= 11 is 0. The monoisotopic (exact) mass is 226 g/mol. The molecule has 1 N–H and O–H groups in total. The molecule has 1 heterocycles. The third-order valence-electron chi connectivity index (χ3n) is 2.40. The van der Waals surface area contributed by atoms with Gasteiger partial charge in [0.2, 0.25) is 0 Å². The number of nitrogens with one attached hydrogen (secondary N) is 1. The maximum absolute atomic E-state index is 8.95. The van der Waals surface area contributed by atoms with E-state index in [9.17, 15) is 0 Å². The Bertz CT molecular complexity index is 532. The third kappa shape index (κ3) is 2.48. The Morgan fingerprint density at radius 2 is 1.88 bits per heavy atom. The normalized spacial score (nSPS) is 10.2. The summed E-state index contributed by atoms with van der Waals surface area (Å²) in [7, 11) is 0. The van der Waals surface area contributed by atoms with E-state index in [-0.39, 0.29) is 6.10 Å². The predicted molar refractivity (Wildman–Crippen MR) is 66.7 cm³/mol. The van der Waals surface area contributed by atoms with E-state index in [2.05, 4.69) is 11.1 Å². The van der Waals surface area contributed by atoms with Crippen LogP contribution in [0.3, 0.4) is 0 Å². The molecule has 17 heavy (non-hydrogen) atoms. The number of nitrogens with zero attached hydrogens (tertiary/aromatic N) is 1. The first-order chi connectivity index (χ1) is 8.20. The van der Waals surface area contributed by atoms with Crippen molar-refractivity contribution in [2.24, 2.45) is 0 Å². The maximum Gasteiger partial charge on any atom is 0.119 e. The van der Waals surface area contributed by atoms with Crippen LogP contribution in [0.4, 0.5) is 0 Å². The second-order valence-electron chi connectivity index (χ2n) is 4.09. The fraction of sp³-hybridized carbons (Fsp3) is 0.214. The summed E-state index contributed by atoms with van der Waals surface area (Å²) in [6.45, 7) is 3.99. The molecule has 0 amide bonds. The van der Waals surface area contributed by atoms with Crippen LogP contribution in [0.2, 0.25) is 0 Å². The molecule has 0 aliphatic carbocycles. The van der Waals surface area contributed by atoms with Gasteiger partial charge in [-0.2, -0.15) is 5.26 Å². The molecule has 0 spiro atoms. The number of hydrogen-bond donors (Lipinski definition) is 1. The number of ether oxygens (including phenoxy) is 1. The highest BCUT2D eigenvalue weighted by Gasteiger charge is 2.06. The Kier molecular flexibility index (Phi) is 3.15. The molecular formula is C14H14N2O. The summed E-state index contributed by atoms with van der Waals surface area (Å²) in [6, 6.07) is 9.92. The van der Waals surface area contributed by atoms with Gasteiger partial charge in [0.05, 0.1) is 11.7 Å². The smallest absolute Gasteiger partial charge is 0.119 e. The minimum absolute atomic E-state index is 0.169. The number of benzene rings is 1. The van der Waals surface area contributed by atoms with Crippen molar-refractivity contribution in [2.75, 3.05) is 0 Å². The Morgan fingerprint density at radius 3 is 2.47 bits per heavy atom. The second-order valence-corrected chi connectivity index (χ2v) is 4.09. The Morgan fingerprint density at radius 1 is 1.18 bits per heavy atom. The second kappa shape index (κ2) is 4.75. The van der Waals surface area contributed by atoms with E-state index in [0.29, 0.717) is 5.56 Å². The van der Waals surface area contributed by atoms with E-state index >= 15 is 0 Å². The van der Waals surface area contributed by atoms with E-state index in [4.69, 9.17) is 10.00 Å². The minimum Gasteiger partial charge on any atom is -0.491 e. The molecule has 0 bridgehead atoms. The molecule has 1 aromatic carbocycles. The van der Waals surface area contributed by atoms with Crippen LogP contribution >= 0.6 is 0 Å². The molecule has 0 aliphatic heterocycles. The Balaban J connectivity index is 2.27. The first-order valence-corrected chi connectivity index (χ1v) is 5.54. The zero-order valence-corrected chi connectivity index (χ0v) is 9.90. The van der Waals surface area contributed by atoms with Crippen LogP contribution in [-0.4, -0.2) is 11.1 Å². The lowest BCUT2D eigenvalue weighted by Gasteiger charge is -2.09. The van der Waals surface area contributed by atoms with Crippen LogP contribution in [0.5, 0.6) is 5.75 Å². The Labute approximate surface area is 101 Å². The quantitative estimate of drug-likeness (QED) is 0.872. The maximum atomic E-state index is 8.95. The average Bonchev–Trinajstić information content (AvgIpc) is 2.77. The standard InChI is InChI=1S/C14H14N2O/c1-10(2)17-13-5-3-11(4-6-13)14-9-16-8-12(14)7-15/h3-6,8-10,16H,1-2H3. The molecule has 0 aliphatic rings. The zero-order valence-electron chi connectivity index (χ0n) is 9.90. The van der Waals surface area contributed by atoms with Gasteiger partial charge in [0.1, 0.15) is 11.8 Å². The number of aromatic nitrogens is 1. The fourth-order valence-electron chi connectivity index (χ4n) is 1.68. The number of nitriles is 1. The highest BCUT2D eigenvalue weighted by Crippen LogP contribution is 2.25. The average molecular weight is 226 g/mol. The lowest BCUT2D eigenvalue weighted by Crippen LogP contribution is -2.05. The van der Waals surface area contributed by atoms with Gasteiger partial charge >= 0.3 is 0 Å². The summed E-state index contributed by atoms with van der Waals surface area (Å²) in [5, 5.41) is 8.95. The van der Waals surface area contributed by atoms with Crippen LogP contribution in [0.15, 0.2) is 36.7 Å². The van der Waals surface area contributed by atoms with Gasteiger partial charge in [0.25, 0.3) is 0 Å². The summed E-state index contributed by atoms with van der Waals surface area (Å²) in [5.74, 6) is 0.845. The molecular weight excluding hydrogens is 212 g/mol. The first kappa shape index (κ1) is 11.3. The molecule has 0 atom stereocenters. The molecule has 0 unspecified atom stereocenters. The van der Waals surface area contributed by atoms with Crippen LogP contribution in [0.1, 0.15) is 19.4 Å². The molecule has 0 saturated heterocycles. The van der Waals surface area contributed by atoms with Crippen LogP contribution in [0, 0.1) is 11.3 Å². The molecule has 0 fully saturated rings. The van der Waals surface area contributed by atoms with E-state index in [1.165, 1.54) is 0 Å². The van der Waals surface area contributed by atoms with Gasteiger partial charge in [-0.15, -0.1) is 0 Å². The van der Waals surface area contributed by atoms with E-state index in [0.717, 1.165) is 16.9 Å². The lowest BCUT2D eigenvalue weighted by molar-refractivity contribution is 0.242. The fourth-order valence-corrected chi connectivity index (χ4v) is 1.68. The van der Waals surface area contributed by atoms with Crippen LogP contribution < -0.4 is 4.74 Å². The van der Waals surface area contributed by atoms with Crippen molar-refractivity contribution in [2.45, 2.75) is 20.0 Å². The van der Waals surface area contributed by atoms with Gasteiger partial charge in [-0.05, 0) is 31.5 Å². The van der Waals surface area contributed by atoms with E-state index < -0.39 is 0 Å². The molecule has 2 rings (SSSR count).